The number of nitrogens with one attached hydrogen (secondary N) is 1. The monoisotopic (exact) mass is 452 g/mol. The molecule has 0 saturated carbocycles. The summed E-state index contributed by atoms with van der Waals surface area (Å²) in [5.41, 5.74) is 5.39. The Morgan fingerprint density at radius 1 is 0.912 bits per heavy atom. The van der Waals surface area contributed by atoms with Gasteiger partial charge in [0.05, 0.1) is 5.92 Å². The highest BCUT2D eigenvalue weighted by molar-refractivity contribution is 6.03. The van der Waals surface area contributed by atoms with Crippen molar-refractivity contribution < 1.29 is 14.1 Å². The smallest absolute Gasteiger partial charge is 0.258 e. The maximum Gasteiger partial charge on any atom is 0.258 e. The highest BCUT2D eigenvalue weighted by atomic mass is 16.5. The molecule has 0 spiro atoms. The summed E-state index contributed by atoms with van der Waals surface area (Å²) in [7, 11) is 0. The molecule has 34 heavy (non-hydrogen) atoms. The van der Waals surface area contributed by atoms with Crippen molar-refractivity contribution >= 4 is 23.2 Å². The van der Waals surface area contributed by atoms with Crippen LogP contribution >= 0.6 is 0 Å². The lowest BCUT2D eigenvalue weighted by Crippen LogP contribution is -2.28. The van der Waals surface area contributed by atoms with E-state index >= 15 is 0 Å². The van der Waals surface area contributed by atoms with Crippen molar-refractivity contribution in [2.24, 2.45) is 5.92 Å². The van der Waals surface area contributed by atoms with Gasteiger partial charge in [0, 0.05) is 35.5 Å². The lowest BCUT2D eigenvalue weighted by atomic mass is 10.1. The molecule has 1 aliphatic rings. The van der Waals surface area contributed by atoms with Crippen LogP contribution in [-0.2, 0) is 9.59 Å². The van der Waals surface area contributed by atoms with E-state index in [4.69, 9.17) is 4.52 Å². The van der Waals surface area contributed by atoms with Crippen LogP contribution in [0.4, 0.5) is 11.4 Å². The van der Waals surface area contributed by atoms with Gasteiger partial charge in [0.25, 0.3) is 5.89 Å². The Morgan fingerprint density at radius 3 is 2.21 bits per heavy atom. The zero-order chi connectivity index (χ0) is 23.7. The van der Waals surface area contributed by atoms with Gasteiger partial charge in [0.2, 0.25) is 17.6 Å². The molecule has 1 fully saturated rings. The number of benzene rings is 3. The number of nitrogens with zero attached hydrogens (tertiary/aromatic N) is 3. The lowest BCUT2D eigenvalue weighted by molar-refractivity contribution is -0.122. The molecule has 1 atom stereocenters. The normalized spacial score (nSPS) is 15.5. The van der Waals surface area contributed by atoms with Crippen LogP contribution in [0.25, 0.3) is 22.8 Å². The average molecular weight is 453 g/mol. The minimum atomic E-state index is -0.401. The van der Waals surface area contributed by atoms with Gasteiger partial charge in [-0.3, -0.25) is 9.59 Å². The molecule has 4 aromatic rings. The van der Waals surface area contributed by atoms with Crippen molar-refractivity contribution in [2.45, 2.75) is 20.3 Å². The van der Waals surface area contributed by atoms with Gasteiger partial charge < -0.3 is 14.7 Å². The van der Waals surface area contributed by atoms with Crippen LogP contribution in [0.5, 0.6) is 0 Å². The Morgan fingerprint density at radius 2 is 1.53 bits per heavy atom. The summed E-state index contributed by atoms with van der Waals surface area (Å²) in [5, 5.41) is 6.98. The summed E-state index contributed by atoms with van der Waals surface area (Å²) in [6.07, 6.45) is 0.196. The average Bonchev–Trinajstić information content (AvgIpc) is 3.48. The fourth-order valence-corrected chi connectivity index (χ4v) is 3.96. The molecule has 7 nitrogen and oxygen atoms in total. The Kier molecular flexibility index (Phi) is 5.67. The van der Waals surface area contributed by atoms with Gasteiger partial charge in [-0.2, -0.15) is 4.98 Å². The number of anilines is 2. The van der Waals surface area contributed by atoms with Crippen molar-refractivity contribution in [3.8, 4) is 22.8 Å². The summed E-state index contributed by atoms with van der Waals surface area (Å²) in [6, 6.07) is 22.9. The van der Waals surface area contributed by atoms with Crippen molar-refractivity contribution in [2.75, 3.05) is 16.8 Å². The third kappa shape index (κ3) is 4.45. The van der Waals surface area contributed by atoms with Crippen LogP contribution in [0.3, 0.4) is 0 Å². The molecule has 1 aromatic heterocycles. The van der Waals surface area contributed by atoms with E-state index in [0.717, 1.165) is 27.9 Å². The van der Waals surface area contributed by atoms with E-state index in [9.17, 15) is 9.59 Å². The van der Waals surface area contributed by atoms with Crippen LogP contribution in [0, 0.1) is 19.8 Å². The fraction of sp³-hybridized carbons (Fsp3) is 0.185. The first-order valence-corrected chi connectivity index (χ1v) is 11.2. The second-order valence-electron chi connectivity index (χ2n) is 8.60. The maximum atomic E-state index is 12.8. The second-order valence-corrected chi connectivity index (χ2v) is 8.60. The molecular weight excluding hydrogens is 428 g/mol. The largest absolute Gasteiger partial charge is 0.334 e. The third-order valence-electron chi connectivity index (χ3n) is 5.98. The molecule has 2 heterocycles. The van der Waals surface area contributed by atoms with Crippen LogP contribution in [-0.4, -0.2) is 28.5 Å². The summed E-state index contributed by atoms with van der Waals surface area (Å²) in [6.45, 7) is 4.39. The van der Waals surface area contributed by atoms with Gasteiger partial charge in [0.15, 0.2) is 0 Å². The second kappa shape index (κ2) is 8.94. The number of aryl methyl sites for hydroxylation is 2. The molecule has 7 heteroatoms. The van der Waals surface area contributed by atoms with E-state index in [1.165, 1.54) is 0 Å². The summed E-state index contributed by atoms with van der Waals surface area (Å²) in [5.74, 6) is 0.316. The molecule has 5 rings (SSSR count). The first-order chi connectivity index (χ1) is 16.5. The molecule has 3 aromatic carbocycles. The van der Waals surface area contributed by atoms with Gasteiger partial charge in [-0.15, -0.1) is 0 Å². The number of aromatic nitrogens is 2. The molecule has 1 N–H and O–H groups in total. The van der Waals surface area contributed by atoms with Gasteiger partial charge in [0.1, 0.15) is 0 Å². The molecular formula is C27H24N4O3. The first kappa shape index (κ1) is 21.6. The van der Waals surface area contributed by atoms with E-state index in [0.29, 0.717) is 23.9 Å². The van der Waals surface area contributed by atoms with Gasteiger partial charge in [-0.05, 0) is 50.2 Å². The van der Waals surface area contributed by atoms with Gasteiger partial charge >= 0.3 is 0 Å². The molecule has 1 aliphatic heterocycles. The van der Waals surface area contributed by atoms with Crippen LogP contribution in [0.1, 0.15) is 17.5 Å². The van der Waals surface area contributed by atoms with Gasteiger partial charge in [-0.1, -0.05) is 52.7 Å². The minimum Gasteiger partial charge on any atom is -0.334 e. The number of hydrogen-bond acceptors (Lipinski definition) is 5. The molecule has 2 amide bonds. The Balaban J connectivity index is 1.23. The summed E-state index contributed by atoms with van der Waals surface area (Å²) >= 11 is 0. The molecule has 0 aliphatic carbocycles. The van der Waals surface area contributed by atoms with E-state index in [-0.39, 0.29) is 18.2 Å². The predicted octanol–water partition coefficient (Wildman–Crippen LogP) is 5.01. The van der Waals surface area contributed by atoms with Crippen molar-refractivity contribution in [3.05, 3.63) is 83.9 Å². The first-order valence-electron chi connectivity index (χ1n) is 11.2. The highest BCUT2D eigenvalue weighted by Crippen LogP contribution is 2.27. The molecule has 170 valence electrons. The summed E-state index contributed by atoms with van der Waals surface area (Å²) < 4.78 is 5.42. The molecule has 0 bridgehead atoms. The number of carbonyl (C=O) groups excluding carboxylic acids is 2. The van der Waals surface area contributed by atoms with Crippen molar-refractivity contribution in [3.63, 3.8) is 0 Å². The molecule has 0 unspecified atom stereocenters. The number of carbonyl (C=O) groups is 2. The van der Waals surface area contributed by atoms with Crippen molar-refractivity contribution in [1.29, 1.82) is 0 Å². The number of amides is 2. The SMILES string of the molecule is Cc1ccc(-c2noc(-c3ccc(NC(=O)[C@@H]4CC(=O)N(c5ccc(C)cc5)C4)cc3)n2)cc1. The third-order valence-corrected chi connectivity index (χ3v) is 5.98. The Bertz CT molecular complexity index is 1330. The highest BCUT2D eigenvalue weighted by Gasteiger charge is 2.35. The zero-order valence-electron chi connectivity index (χ0n) is 19.0. The van der Waals surface area contributed by atoms with E-state index < -0.39 is 5.92 Å². The van der Waals surface area contributed by atoms with Gasteiger partial charge in [-0.25, -0.2) is 0 Å². The van der Waals surface area contributed by atoms with Crippen LogP contribution in [0.2, 0.25) is 0 Å². The standard InChI is InChI=1S/C27H24N4O3/c1-17-3-7-19(8-4-17)25-29-27(34-30-25)20-9-11-22(12-10-20)28-26(33)21-15-24(32)31(16-21)23-13-5-18(2)6-14-23/h3-14,21H,15-16H2,1-2H3,(H,28,33)/t21-/m1/s1. The van der Waals surface area contributed by atoms with E-state index in [1.54, 1.807) is 17.0 Å². The quantitative estimate of drug-likeness (QED) is 0.460. The Hall–Kier alpha value is -4.26. The number of hydrogen-bond donors (Lipinski definition) is 1. The van der Waals surface area contributed by atoms with Crippen LogP contribution < -0.4 is 10.2 Å². The van der Waals surface area contributed by atoms with Crippen LogP contribution in [0.15, 0.2) is 77.3 Å². The number of rotatable bonds is 5. The van der Waals surface area contributed by atoms with E-state index in [1.807, 2.05) is 74.5 Å². The lowest BCUT2D eigenvalue weighted by Gasteiger charge is -2.17. The van der Waals surface area contributed by atoms with E-state index in [2.05, 4.69) is 15.5 Å². The topological polar surface area (TPSA) is 88.3 Å². The molecule has 0 radical (unpaired) electrons. The minimum absolute atomic E-state index is 0.0416. The fourth-order valence-electron chi connectivity index (χ4n) is 3.96. The van der Waals surface area contributed by atoms with Crippen molar-refractivity contribution in [1.82, 2.24) is 10.1 Å². The Labute approximate surface area is 197 Å². The zero-order valence-corrected chi connectivity index (χ0v) is 19.0. The maximum absolute atomic E-state index is 12.8. The summed E-state index contributed by atoms with van der Waals surface area (Å²) in [4.78, 5) is 31.4. The molecule has 1 saturated heterocycles. The predicted molar refractivity (Wildman–Crippen MR) is 130 cm³/mol.